The van der Waals surface area contributed by atoms with Crippen LogP contribution in [-0.4, -0.2) is 24.6 Å². The average molecular weight is 287 g/mol. The third kappa shape index (κ3) is 3.76. The lowest BCUT2D eigenvalue weighted by Gasteiger charge is -2.41. The Morgan fingerprint density at radius 2 is 2.05 bits per heavy atom. The molecule has 0 amide bonds. The SMILES string of the molecule is CCCNCc1cccc(N2CCC3CCCCC3C2)n1. The fourth-order valence-electron chi connectivity index (χ4n) is 3.94. The molecule has 1 aromatic rings. The smallest absolute Gasteiger partial charge is 0.128 e. The Morgan fingerprint density at radius 3 is 2.90 bits per heavy atom. The number of rotatable bonds is 5. The molecule has 0 spiro atoms. The highest BCUT2D eigenvalue weighted by Crippen LogP contribution is 2.37. The molecular formula is C18H29N3. The Labute approximate surface area is 129 Å². The van der Waals surface area contributed by atoms with Crippen molar-refractivity contribution in [3.05, 3.63) is 23.9 Å². The van der Waals surface area contributed by atoms with E-state index in [4.69, 9.17) is 4.98 Å². The molecule has 2 aliphatic rings. The van der Waals surface area contributed by atoms with Crippen molar-refractivity contribution in [3.63, 3.8) is 0 Å². The van der Waals surface area contributed by atoms with Gasteiger partial charge in [0, 0.05) is 19.6 Å². The van der Waals surface area contributed by atoms with Crippen molar-refractivity contribution in [2.75, 3.05) is 24.5 Å². The van der Waals surface area contributed by atoms with Crippen molar-refractivity contribution in [2.45, 2.75) is 52.0 Å². The number of fused-ring (bicyclic) bond motifs is 1. The first-order valence-corrected chi connectivity index (χ1v) is 8.78. The van der Waals surface area contributed by atoms with E-state index in [-0.39, 0.29) is 0 Å². The summed E-state index contributed by atoms with van der Waals surface area (Å²) in [6.45, 7) is 6.58. The molecule has 0 radical (unpaired) electrons. The highest BCUT2D eigenvalue weighted by Gasteiger charge is 2.31. The number of hydrogen-bond acceptors (Lipinski definition) is 3. The van der Waals surface area contributed by atoms with Gasteiger partial charge in [0.1, 0.15) is 5.82 Å². The summed E-state index contributed by atoms with van der Waals surface area (Å²) in [6.07, 6.45) is 8.33. The van der Waals surface area contributed by atoms with Gasteiger partial charge in [0.25, 0.3) is 0 Å². The maximum atomic E-state index is 4.87. The Bertz CT molecular complexity index is 446. The summed E-state index contributed by atoms with van der Waals surface area (Å²) in [7, 11) is 0. The largest absolute Gasteiger partial charge is 0.356 e. The minimum atomic E-state index is 0.890. The first-order chi connectivity index (χ1) is 10.4. The first-order valence-electron chi connectivity index (χ1n) is 8.78. The van der Waals surface area contributed by atoms with Crippen LogP contribution in [0.1, 0.15) is 51.1 Å². The summed E-state index contributed by atoms with van der Waals surface area (Å²) in [5.74, 6) is 3.09. The molecular weight excluding hydrogens is 258 g/mol. The van der Waals surface area contributed by atoms with Crippen LogP contribution in [0.15, 0.2) is 18.2 Å². The third-order valence-electron chi connectivity index (χ3n) is 5.14. The highest BCUT2D eigenvalue weighted by atomic mass is 15.2. The van der Waals surface area contributed by atoms with Gasteiger partial charge >= 0.3 is 0 Å². The number of nitrogens with one attached hydrogen (secondary N) is 1. The monoisotopic (exact) mass is 287 g/mol. The molecule has 0 aromatic carbocycles. The van der Waals surface area contributed by atoms with Gasteiger partial charge in [-0.15, -0.1) is 0 Å². The second-order valence-corrected chi connectivity index (χ2v) is 6.70. The van der Waals surface area contributed by atoms with Crippen LogP contribution in [0.5, 0.6) is 0 Å². The van der Waals surface area contributed by atoms with Crippen LogP contribution < -0.4 is 10.2 Å². The molecule has 2 fully saturated rings. The van der Waals surface area contributed by atoms with Gasteiger partial charge < -0.3 is 10.2 Å². The van der Waals surface area contributed by atoms with Gasteiger partial charge in [-0.25, -0.2) is 4.98 Å². The zero-order valence-electron chi connectivity index (χ0n) is 13.4. The highest BCUT2D eigenvalue weighted by molar-refractivity contribution is 5.40. The van der Waals surface area contributed by atoms with Gasteiger partial charge in [0.05, 0.1) is 5.69 Å². The van der Waals surface area contributed by atoms with E-state index in [1.165, 1.54) is 63.1 Å². The van der Waals surface area contributed by atoms with Crippen LogP contribution in [0.2, 0.25) is 0 Å². The summed E-state index contributed by atoms with van der Waals surface area (Å²) in [5.41, 5.74) is 1.17. The summed E-state index contributed by atoms with van der Waals surface area (Å²) in [6, 6.07) is 6.49. The zero-order valence-corrected chi connectivity index (χ0v) is 13.4. The standard InChI is InChI=1S/C18H29N3/c1-2-11-19-13-17-8-5-9-18(20-17)21-12-10-15-6-3-4-7-16(15)14-21/h5,8-9,15-16,19H,2-4,6-7,10-14H2,1H3. The molecule has 1 aliphatic carbocycles. The van der Waals surface area contributed by atoms with Crippen molar-refractivity contribution in [3.8, 4) is 0 Å². The third-order valence-corrected chi connectivity index (χ3v) is 5.14. The van der Waals surface area contributed by atoms with E-state index in [0.717, 1.165) is 24.9 Å². The minimum Gasteiger partial charge on any atom is -0.356 e. The molecule has 1 aliphatic heterocycles. The molecule has 3 heteroatoms. The van der Waals surface area contributed by atoms with E-state index >= 15 is 0 Å². The van der Waals surface area contributed by atoms with E-state index in [1.54, 1.807) is 0 Å². The van der Waals surface area contributed by atoms with E-state index in [9.17, 15) is 0 Å². The lowest BCUT2D eigenvalue weighted by molar-refractivity contribution is 0.202. The van der Waals surface area contributed by atoms with Gasteiger partial charge in [0.15, 0.2) is 0 Å². The zero-order chi connectivity index (χ0) is 14.5. The molecule has 1 N–H and O–H groups in total. The second-order valence-electron chi connectivity index (χ2n) is 6.70. The lowest BCUT2D eigenvalue weighted by Crippen LogP contribution is -2.42. The van der Waals surface area contributed by atoms with Crippen LogP contribution in [0.25, 0.3) is 0 Å². The molecule has 3 rings (SSSR count). The molecule has 2 unspecified atom stereocenters. The minimum absolute atomic E-state index is 0.890. The van der Waals surface area contributed by atoms with Gasteiger partial charge in [-0.2, -0.15) is 0 Å². The Hall–Kier alpha value is -1.09. The summed E-state index contributed by atoms with van der Waals surface area (Å²) >= 11 is 0. The summed E-state index contributed by atoms with van der Waals surface area (Å²) < 4.78 is 0. The second kappa shape index (κ2) is 7.26. The average Bonchev–Trinajstić information content (AvgIpc) is 2.55. The van der Waals surface area contributed by atoms with Gasteiger partial charge in [-0.05, 0) is 49.8 Å². The summed E-state index contributed by atoms with van der Waals surface area (Å²) in [5, 5.41) is 3.45. The van der Waals surface area contributed by atoms with E-state index in [1.807, 2.05) is 0 Å². The van der Waals surface area contributed by atoms with E-state index in [2.05, 4.69) is 35.3 Å². The number of hydrogen-bond donors (Lipinski definition) is 1. The number of nitrogens with zero attached hydrogens (tertiary/aromatic N) is 2. The van der Waals surface area contributed by atoms with Crippen molar-refractivity contribution in [1.82, 2.24) is 10.3 Å². The molecule has 2 atom stereocenters. The Kier molecular flexibility index (Phi) is 5.13. The molecule has 116 valence electrons. The van der Waals surface area contributed by atoms with E-state index in [0.29, 0.717) is 0 Å². The molecule has 1 saturated heterocycles. The van der Waals surface area contributed by atoms with Crippen molar-refractivity contribution >= 4 is 5.82 Å². The maximum absolute atomic E-state index is 4.87. The fourth-order valence-corrected chi connectivity index (χ4v) is 3.94. The number of piperidine rings is 1. The molecule has 1 aromatic heterocycles. The van der Waals surface area contributed by atoms with E-state index < -0.39 is 0 Å². The maximum Gasteiger partial charge on any atom is 0.128 e. The van der Waals surface area contributed by atoms with Crippen LogP contribution >= 0.6 is 0 Å². The number of pyridine rings is 1. The first kappa shape index (κ1) is 14.8. The Morgan fingerprint density at radius 1 is 1.19 bits per heavy atom. The van der Waals surface area contributed by atoms with Crippen molar-refractivity contribution < 1.29 is 0 Å². The molecule has 2 heterocycles. The predicted molar refractivity (Wildman–Crippen MR) is 88.5 cm³/mol. The van der Waals surface area contributed by atoms with Crippen LogP contribution in [0, 0.1) is 11.8 Å². The number of aromatic nitrogens is 1. The molecule has 0 bridgehead atoms. The summed E-state index contributed by atoms with van der Waals surface area (Å²) in [4.78, 5) is 7.39. The number of anilines is 1. The lowest BCUT2D eigenvalue weighted by atomic mass is 9.75. The normalized spacial score (nSPS) is 25.7. The fraction of sp³-hybridized carbons (Fsp3) is 0.722. The van der Waals surface area contributed by atoms with Crippen LogP contribution in [0.4, 0.5) is 5.82 Å². The van der Waals surface area contributed by atoms with Crippen LogP contribution in [0.3, 0.4) is 0 Å². The predicted octanol–water partition coefficient (Wildman–Crippen LogP) is 3.60. The van der Waals surface area contributed by atoms with Crippen LogP contribution in [-0.2, 0) is 6.54 Å². The van der Waals surface area contributed by atoms with Gasteiger partial charge in [-0.3, -0.25) is 0 Å². The molecule has 1 saturated carbocycles. The van der Waals surface area contributed by atoms with Crippen molar-refractivity contribution in [1.29, 1.82) is 0 Å². The molecule has 3 nitrogen and oxygen atoms in total. The quantitative estimate of drug-likeness (QED) is 0.839. The molecule has 21 heavy (non-hydrogen) atoms. The Balaban J connectivity index is 1.62. The van der Waals surface area contributed by atoms with Crippen molar-refractivity contribution in [2.24, 2.45) is 11.8 Å². The topological polar surface area (TPSA) is 28.2 Å². The van der Waals surface area contributed by atoms with Gasteiger partial charge in [-0.1, -0.05) is 32.3 Å². The van der Waals surface area contributed by atoms with Gasteiger partial charge in [0.2, 0.25) is 0 Å².